The third-order valence-corrected chi connectivity index (χ3v) is 4.11. The average molecular weight is 292 g/mol. The molecular weight excluding hydrogens is 268 g/mol. The smallest absolute Gasteiger partial charge is 0.293 e. The van der Waals surface area contributed by atoms with Gasteiger partial charge < -0.3 is 14.2 Å². The molecule has 0 spiro atoms. The number of hydrogen-bond acceptors (Lipinski definition) is 3. The van der Waals surface area contributed by atoms with Crippen LogP contribution in [0, 0.1) is 0 Å². The van der Waals surface area contributed by atoms with Crippen molar-refractivity contribution in [1.82, 2.24) is 9.47 Å². The zero-order chi connectivity index (χ0) is 15.2. The van der Waals surface area contributed by atoms with Gasteiger partial charge in [0.15, 0.2) is 5.75 Å². The van der Waals surface area contributed by atoms with Crippen molar-refractivity contribution in [2.24, 2.45) is 0 Å². The van der Waals surface area contributed by atoms with E-state index in [2.05, 4.69) is 0 Å². The van der Waals surface area contributed by atoms with Crippen LogP contribution in [0.4, 0.5) is 0 Å². The lowest BCUT2D eigenvalue weighted by molar-refractivity contribution is -0.133. The fraction of sp³-hybridized carbons (Fsp3) is 0.625. The Morgan fingerprint density at radius 2 is 2.10 bits per heavy atom. The summed E-state index contributed by atoms with van der Waals surface area (Å²) in [6.07, 6.45) is 7.39. The van der Waals surface area contributed by atoms with Gasteiger partial charge in [-0.1, -0.05) is 19.3 Å². The molecule has 0 saturated heterocycles. The van der Waals surface area contributed by atoms with Crippen molar-refractivity contribution in [3.05, 3.63) is 28.7 Å². The Morgan fingerprint density at radius 1 is 1.38 bits per heavy atom. The largest absolute Gasteiger partial charge is 0.488 e. The van der Waals surface area contributed by atoms with Crippen molar-refractivity contribution in [3.8, 4) is 5.75 Å². The Balaban J connectivity index is 2.05. The second kappa shape index (κ2) is 7.29. The highest BCUT2D eigenvalue weighted by molar-refractivity contribution is 5.76. The normalized spacial score (nSPS) is 15.7. The third-order valence-electron chi connectivity index (χ3n) is 4.11. The van der Waals surface area contributed by atoms with Gasteiger partial charge in [0.1, 0.15) is 6.54 Å². The zero-order valence-electron chi connectivity index (χ0n) is 12.9. The van der Waals surface area contributed by atoms with Gasteiger partial charge in [0.2, 0.25) is 5.91 Å². The number of carbonyl (C=O) groups excluding carboxylic acids is 1. The summed E-state index contributed by atoms with van der Waals surface area (Å²) in [6.45, 7) is 2.35. The Morgan fingerprint density at radius 3 is 2.76 bits per heavy atom. The lowest BCUT2D eigenvalue weighted by atomic mass is 9.94. The fourth-order valence-corrected chi connectivity index (χ4v) is 2.83. The van der Waals surface area contributed by atoms with Crippen LogP contribution in [0.1, 0.15) is 39.0 Å². The standard InChI is InChI=1S/C16H24N2O3/c1-3-21-14-10-7-11-18(16(14)20)12-15(19)17(2)13-8-5-4-6-9-13/h7,10-11,13H,3-6,8-9,12H2,1-2H3. The number of pyridine rings is 1. The summed E-state index contributed by atoms with van der Waals surface area (Å²) in [5.41, 5.74) is -0.246. The number of nitrogens with zero attached hydrogens (tertiary/aromatic N) is 2. The summed E-state index contributed by atoms with van der Waals surface area (Å²) < 4.78 is 6.70. The van der Waals surface area contributed by atoms with Crippen LogP contribution in [-0.4, -0.2) is 35.1 Å². The molecule has 0 aromatic carbocycles. The van der Waals surface area contributed by atoms with Gasteiger partial charge in [-0.25, -0.2) is 0 Å². The highest BCUT2D eigenvalue weighted by atomic mass is 16.5. The summed E-state index contributed by atoms with van der Waals surface area (Å²) in [7, 11) is 1.84. The molecule has 1 saturated carbocycles. The molecule has 1 heterocycles. The van der Waals surface area contributed by atoms with Crippen LogP contribution in [0.5, 0.6) is 5.75 Å². The molecule has 1 aliphatic carbocycles. The van der Waals surface area contributed by atoms with Crippen molar-refractivity contribution in [2.45, 2.75) is 51.6 Å². The number of rotatable bonds is 5. The second-order valence-electron chi connectivity index (χ2n) is 5.53. The third kappa shape index (κ3) is 3.86. The summed E-state index contributed by atoms with van der Waals surface area (Å²) in [5.74, 6) is 0.283. The van der Waals surface area contributed by atoms with Crippen LogP contribution in [0.3, 0.4) is 0 Å². The van der Waals surface area contributed by atoms with E-state index in [9.17, 15) is 9.59 Å². The van der Waals surface area contributed by atoms with E-state index in [0.29, 0.717) is 18.4 Å². The van der Waals surface area contributed by atoms with Crippen molar-refractivity contribution in [1.29, 1.82) is 0 Å². The quantitative estimate of drug-likeness (QED) is 0.834. The topological polar surface area (TPSA) is 51.5 Å². The molecule has 1 aliphatic rings. The summed E-state index contributed by atoms with van der Waals surface area (Å²) in [4.78, 5) is 26.3. The van der Waals surface area contributed by atoms with Crippen molar-refractivity contribution < 1.29 is 9.53 Å². The first kappa shape index (κ1) is 15.6. The van der Waals surface area contributed by atoms with Gasteiger partial charge in [-0.15, -0.1) is 0 Å². The molecule has 0 unspecified atom stereocenters. The molecule has 0 N–H and O–H groups in total. The van der Waals surface area contributed by atoms with Gasteiger partial charge in [0.25, 0.3) is 5.56 Å². The predicted molar refractivity (Wildman–Crippen MR) is 81.5 cm³/mol. The van der Waals surface area contributed by atoms with Crippen LogP contribution in [0.15, 0.2) is 23.1 Å². The van der Waals surface area contributed by atoms with E-state index in [-0.39, 0.29) is 18.0 Å². The molecule has 116 valence electrons. The number of amides is 1. The molecule has 1 amide bonds. The van der Waals surface area contributed by atoms with Gasteiger partial charge >= 0.3 is 0 Å². The van der Waals surface area contributed by atoms with E-state index in [1.165, 1.54) is 23.8 Å². The molecule has 1 fully saturated rings. The van der Waals surface area contributed by atoms with E-state index in [1.807, 2.05) is 14.0 Å². The van der Waals surface area contributed by atoms with Crippen LogP contribution >= 0.6 is 0 Å². The molecule has 0 radical (unpaired) electrons. The maximum Gasteiger partial charge on any atom is 0.293 e. The Hall–Kier alpha value is -1.78. The minimum absolute atomic E-state index is 0.0161. The Kier molecular flexibility index (Phi) is 5.42. The lowest BCUT2D eigenvalue weighted by Gasteiger charge is -2.31. The first-order valence-electron chi connectivity index (χ1n) is 7.71. The van der Waals surface area contributed by atoms with E-state index >= 15 is 0 Å². The van der Waals surface area contributed by atoms with Gasteiger partial charge in [-0.05, 0) is 31.9 Å². The van der Waals surface area contributed by atoms with Crippen LogP contribution in [-0.2, 0) is 11.3 Å². The minimum Gasteiger partial charge on any atom is -0.488 e. The molecule has 5 nitrogen and oxygen atoms in total. The molecule has 2 rings (SSSR count). The van der Waals surface area contributed by atoms with E-state index in [1.54, 1.807) is 23.2 Å². The molecular formula is C16H24N2O3. The van der Waals surface area contributed by atoms with Crippen molar-refractivity contribution in [3.63, 3.8) is 0 Å². The summed E-state index contributed by atoms with van der Waals surface area (Å²) in [5, 5.41) is 0. The van der Waals surface area contributed by atoms with Gasteiger partial charge in [0.05, 0.1) is 6.61 Å². The zero-order valence-corrected chi connectivity index (χ0v) is 12.9. The number of hydrogen-bond donors (Lipinski definition) is 0. The molecule has 0 atom stereocenters. The van der Waals surface area contributed by atoms with Crippen LogP contribution < -0.4 is 10.3 Å². The SMILES string of the molecule is CCOc1cccn(CC(=O)N(C)C2CCCCC2)c1=O. The molecule has 5 heteroatoms. The first-order chi connectivity index (χ1) is 10.1. The maximum atomic E-state index is 12.4. The summed E-state index contributed by atoms with van der Waals surface area (Å²) in [6, 6.07) is 3.69. The molecule has 0 aliphatic heterocycles. The fourth-order valence-electron chi connectivity index (χ4n) is 2.83. The number of ether oxygens (including phenoxy) is 1. The van der Waals surface area contributed by atoms with Crippen LogP contribution in [0.25, 0.3) is 0 Å². The average Bonchev–Trinajstić information content (AvgIpc) is 2.51. The lowest BCUT2D eigenvalue weighted by Crippen LogP contribution is -2.41. The van der Waals surface area contributed by atoms with E-state index in [0.717, 1.165) is 12.8 Å². The highest BCUT2D eigenvalue weighted by Gasteiger charge is 2.22. The van der Waals surface area contributed by atoms with Crippen molar-refractivity contribution >= 4 is 5.91 Å². The number of aromatic nitrogens is 1. The monoisotopic (exact) mass is 292 g/mol. The number of likely N-dealkylation sites (N-methyl/N-ethyl adjacent to an activating group) is 1. The van der Waals surface area contributed by atoms with Gasteiger partial charge in [-0.3, -0.25) is 9.59 Å². The van der Waals surface area contributed by atoms with Crippen LogP contribution in [0.2, 0.25) is 0 Å². The second-order valence-corrected chi connectivity index (χ2v) is 5.53. The highest BCUT2D eigenvalue weighted by Crippen LogP contribution is 2.21. The molecule has 21 heavy (non-hydrogen) atoms. The molecule has 0 bridgehead atoms. The van der Waals surface area contributed by atoms with Crippen molar-refractivity contribution in [2.75, 3.05) is 13.7 Å². The maximum absolute atomic E-state index is 12.4. The first-order valence-corrected chi connectivity index (χ1v) is 7.71. The van der Waals surface area contributed by atoms with Gasteiger partial charge in [0, 0.05) is 19.3 Å². The van der Waals surface area contributed by atoms with Gasteiger partial charge in [-0.2, -0.15) is 0 Å². The predicted octanol–water partition coefficient (Wildman–Crippen LogP) is 2.04. The van der Waals surface area contributed by atoms with E-state index in [4.69, 9.17) is 4.74 Å². The Labute approximate surface area is 125 Å². The number of carbonyl (C=O) groups is 1. The van der Waals surface area contributed by atoms with E-state index < -0.39 is 0 Å². The Bertz CT molecular complexity index is 533. The molecule has 1 aromatic heterocycles. The molecule has 1 aromatic rings. The summed E-state index contributed by atoms with van der Waals surface area (Å²) >= 11 is 0. The minimum atomic E-state index is -0.246.